The SMILES string of the molecule is Cc1ccc2c(c1)nc(CCl)n2CCc1cnn(C)c1. The molecule has 0 atom stereocenters. The molecule has 2 heterocycles. The third-order valence-electron chi connectivity index (χ3n) is 3.48. The van der Waals surface area contributed by atoms with Gasteiger partial charge in [-0.15, -0.1) is 11.6 Å². The summed E-state index contributed by atoms with van der Waals surface area (Å²) < 4.78 is 4.03. The van der Waals surface area contributed by atoms with Crippen LogP contribution in [-0.2, 0) is 25.9 Å². The van der Waals surface area contributed by atoms with E-state index in [1.165, 1.54) is 11.1 Å². The van der Waals surface area contributed by atoms with E-state index in [4.69, 9.17) is 11.6 Å². The fourth-order valence-corrected chi connectivity index (χ4v) is 2.69. The summed E-state index contributed by atoms with van der Waals surface area (Å²) in [7, 11) is 1.93. The van der Waals surface area contributed by atoms with Crippen LogP contribution in [0.1, 0.15) is 17.0 Å². The normalized spacial score (nSPS) is 11.3. The van der Waals surface area contributed by atoms with Crippen LogP contribution in [-0.4, -0.2) is 19.3 Å². The maximum atomic E-state index is 6.03. The Bertz CT molecular complexity index is 741. The van der Waals surface area contributed by atoms with Gasteiger partial charge in [-0.3, -0.25) is 4.68 Å². The number of hydrogen-bond donors (Lipinski definition) is 0. The third kappa shape index (κ3) is 2.43. The van der Waals surface area contributed by atoms with Crippen LogP contribution in [0.15, 0.2) is 30.6 Å². The molecule has 0 bridgehead atoms. The summed E-state index contributed by atoms with van der Waals surface area (Å²) in [4.78, 5) is 4.62. The van der Waals surface area contributed by atoms with Crippen molar-refractivity contribution >= 4 is 22.6 Å². The fourth-order valence-electron chi connectivity index (χ4n) is 2.48. The maximum absolute atomic E-state index is 6.03. The fraction of sp³-hybridized carbons (Fsp3) is 0.333. The smallest absolute Gasteiger partial charge is 0.124 e. The number of hydrogen-bond acceptors (Lipinski definition) is 2. The molecule has 3 rings (SSSR count). The Kier molecular flexibility index (Phi) is 3.49. The zero-order chi connectivity index (χ0) is 14.1. The van der Waals surface area contributed by atoms with E-state index in [1.54, 1.807) is 0 Å². The average molecular weight is 289 g/mol. The Balaban J connectivity index is 1.93. The lowest BCUT2D eigenvalue weighted by Gasteiger charge is -2.06. The molecule has 20 heavy (non-hydrogen) atoms. The molecule has 2 aromatic heterocycles. The summed E-state index contributed by atoms with van der Waals surface area (Å²) >= 11 is 6.03. The van der Waals surface area contributed by atoms with Crippen LogP contribution >= 0.6 is 11.6 Å². The molecule has 5 heteroatoms. The largest absolute Gasteiger partial charge is 0.327 e. The molecule has 0 spiro atoms. The number of rotatable bonds is 4. The molecule has 0 fully saturated rings. The van der Waals surface area contributed by atoms with Crippen molar-refractivity contribution in [2.24, 2.45) is 7.05 Å². The molecule has 0 aliphatic rings. The average Bonchev–Trinajstić information content (AvgIpc) is 2.99. The minimum atomic E-state index is 0.431. The van der Waals surface area contributed by atoms with Crippen molar-refractivity contribution in [3.63, 3.8) is 0 Å². The molecule has 0 amide bonds. The van der Waals surface area contributed by atoms with Gasteiger partial charge < -0.3 is 4.57 Å². The van der Waals surface area contributed by atoms with Crippen molar-refractivity contribution in [2.45, 2.75) is 25.8 Å². The molecule has 0 saturated heterocycles. The summed E-state index contributed by atoms with van der Waals surface area (Å²) in [6, 6.07) is 6.34. The minimum Gasteiger partial charge on any atom is -0.327 e. The van der Waals surface area contributed by atoms with Crippen LogP contribution in [0, 0.1) is 6.92 Å². The van der Waals surface area contributed by atoms with E-state index in [0.29, 0.717) is 5.88 Å². The van der Waals surface area contributed by atoms with Crippen molar-refractivity contribution in [1.29, 1.82) is 0 Å². The van der Waals surface area contributed by atoms with Gasteiger partial charge in [-0.25, -0.2) is 4.98 Å². The second kappa shape index (κ2) is 5.29. The molecule has 0 aliphatic heterocycles. The molecule has 0 N–H and O–H groups in total. The van der Waals surface area contributed by atoms with Crippen LogP contribution in [0.2, 0.25) is 0 Å². The van der Waals surface area contributed by atoms with Crippen molar-refractivity contribution in [3.05, 3.63) is 47.5 Å². The van der Waals surface area contributed by atoms with Gasteiger partial charge in [0.2, 0.25) is 0 Å². The number of aromatic nitrogens is 4. The standard InChI is InChI=1S/C15H17ClN4/c1-11-3-4-14-13(7-11)18-15(8-16)20(14)6-5-12-9-17-19(2)10-12/h3-4,7,9-10H,5-6,8H2,1-2H3. The Hall–Kier alpha value is -1.81. The van der Waals surface area contributed by atoms with Crippen LogP contribution in [0.25, 0.3) is 11.0 Å². The van der Waals surface area contributed by atoms with Gasteiger partial charge in [-0.1, -0.05) is 6.07 Å². The van der Waals surface area contributed by atoms with Crippen molar-refractivity contribution < 1.29 is 0 Å². The van der Waals surface area contributed by atoms with Crippen LogP contribution in [0.5, 0.6) is 0 Å². The lowest BCUT2D eigenvalue weighted by atomic mass is 10.2. The van der Waals surface area contributed by atoms with Crippen molar-refractivity contribution in [1.82, 2.24) is 19.3 Å². The Morgan fingerprint density at radius 2 is 2.15 bits per heavy atom. The third-order valence-corrected chi connectivity index (χ3v) is 3.72. The highest BCUT2D eigenvalue weighted by Crippen LogP contribution is 2.19. The van der Waals surface area contributed by atoms with Crippen LogP contribution in [0.3, 0.4) is 0 Å². The van der Waals surface area contributed by atoms with E-state index < -0.39 is 0 Å². The number of nitrogens with zero attached hydrogens (tertiary/aromatic N) is 4. The lowest BCUT2D eigenvalue weighted by Crippen LogP contribution is -2.04. The van der Waals surface area contributed by atoms with Crippen LogP contribution < -0.4 is 0 Å². The van der Waals surface area contributed by atoms with Gasteiger partial charge >= 0.3 is 0 Å². The number of halogens is 1. The molecule has 1 aromatic carbocycles. The summed E-state index contributed by atoms with van der Waals surface area (Å²) in [5, 5.41) is 4.20. The van der Waals surface area contributed by atoms with Crippen molar-refractivity contribution in [3.8, 4) is 0 Å². The molecule has 0 radical (unpaired) electrons. The monoisotopic (exact) mass is 288 g/mol. The Morgan fingerprint density at radius 1 is 1.30 bits per heavy atom. The van der Waals surface area contributed by atoms with E-state index in [-0.39, 0.29) is 0 Å². The predicted molar refractivity (Wildman–Crippen MR) is 80.9 cm³/mol. The maximum Gasteiger partial charge on any atom is 0.124 e. The number of benzene rings is 1. The van der Waals surface area contributed by atoms with E-state index in [9.17, 15) is 0 Å². The summed E-state index contributed by atoms with van der Waals surface area (Å²) in [5.41, 5.74) is 4.61. The van der Waals surface area contributed by atoms with Gasteiger partial charge in [0.05, 0.1) is 23.1 Å². The highest BCUT2D eigenvalue weighted by Gasteiger charge is 2.10. The van der Waals surface area contributed by atoms with Gasteiger partial charge in [0.1, 0.15) is 5.82 Å². The lowest BCUT2D eigenvalue weighted by molar-refractivity contribution is 0.687. The highest BCUT2D eigenvalue weighted by molar-refractivity contribution is 6.16. The van der Waals surface area contributed by atoms with Gasteiger partial charge in [0.25, 0.3) is 0 Å². The van der Waals surface area contributed by atoms with Gasteiger partial charge in [-0.2, -0.15) is 5.10 Å². The minimum absolute atomic E-state index is 0.431. The molecule has 104 valence electrons. The van der Waals surface area contributed by atoms with E-state index >= 15 is 0 Å². The first-order valence-electron chi connectivity index (χ1n) is 6.66. The number of imidazole rings is 1. The van der Waals surface area contributed by atoms with Crippen LogP contribution in [0.4, 0.5) is 0 Å². The molecule has 3 aromatic rings. The first-order valence-corrected chi connectivity index (χ1v) is 7.20. The quantitative estimate of drug-likeness (QED) is 0.692. The Morgan fingerprint density at radius 3 is 2.85 bits per heavy atom. The topological polar surface area (TPSA) is 35.6 Å². The second-order valence-electron chi connectivity index (χ2n) is 5.08. The molecular weight excluding hydrogens is 272 g/mol. The first-order chi connectivity index (χ1) is 9.67. The van der Waals surface area contributed by atoms with E-state index in [1.807, 2.05) is 24.1 Å². The van der Waals surface area contributed by atoms with Crippen molar-refractivity contribution in [2.75, 3.05) is 0 Å². The predicted octanol–water partition coefficient (Wildman–Crippen LogP) is 3.06. The summed E-state index contributed by atoms with van der Waals surface area (Å²) in [6.45, 7) is 2.95. The first kappa shape index (κ1) is 13.2. The molecule has 0 unspecified atom stereocenters. The number of alkyl halides is 1. The Labute approximate surface area is 123 Å². The van der Waals surface area contributed by atoms with Gasteiger partial charge in [-0.05, 0) is 36.6 Å². The summed E-state index contributed by atoms with van der Waals surface area (Å²) in [5.74, 6) is 1.36. The zero-order valence-electron chi connectivity index (χ0n) is 11.7. The molecule has 0 saturated carbocycles. The van der Waals surface area contributed by atoms with Gasteiger partial charge in [0.15, 0.2) is 0 Å². The number of aryl methyl sites for hydroxylation is 4. The summed E-state index contributed by atoms with van der Waals surface area (Å²) in [6.07, 6.45) is 4.88. The zero-order valence-corrected chi connectivity index (χ0v) is 12.4. The number of fused-ring (bicyclic) bond motifs is 1. The molecule has 0 aliphatic carbocycles. The van der Waals surface area contributed by atoms with Gasteiger partial charge in [0, 0.05) is 19.8 Å². The second-order valence-corrected chi connectivity index (χ2v) is 5.34. The highest BCUT2D eigenvalue weighted by atomic mass is 35.5. The van der Waals surface area contributed by atoms with E-state index in [0.717, 1.165) is 29.8 Å². The van der Waals surface area contributed by atoms with E-state index in [2.05, 4.69) is 39.8 Å². The molecular formula is C15H17ClN4. The molecule has 4 nitrogen and oxygen atoms in total.